The van der Waals surface area contributed by atoms with Crippen molar-refractivity contribution in [2.45, 2.75) is 42.9 Å². The Morgan fingerprint density at radius 2 is 1.56 bits per heavy atom. The molecule has 176 valence electrons. The van der Waals surface area contributed by atoms with Crippen LogP contribution in [-0.4, -0.2) is 59.6 Å². The standard InChI is InChI=1S/C24H33F2N3O2S/c1-4-9-29(10-5-2)23-18-21(28-12-6-11-27(3)13-14-28)7-8-24(23)32(30,31)22-16-19(25)15-20(26)17-22/h7-8,15-18H,4-6,9-14H2,1-3H3. The lowest BCUT2D eigenvalue weighted by Gasteiger charge is -2.29. The highest BCUT2D eigenvalue weighted by atomic mass is 32.2. The second-order valence-electron chi connectivity index (χ2n) is 8.39. The van der Waals surface area contributed by atoms with Crippen LogP contribution < -0.4 is 9.80 Å². The van der Waals surface area contributed by atoms with Crippen molar-refractivity contribution in [3.63, 3.8) is 0 Å². The summed E-state index contributed by atoms with van der Waals surface area (Å²) < 4.78 is 54.6. The molecule has 1 heterocycles. The summed E-state index contributed by atoms with van der Waals surface area (Å²) in [5.74, 6) is -1.82. The topological polar surface area (TPSA) is 43.9 Å². The van der Waals surface area contributed by atoms with Crippen molar-refractivity contribution in [3.8, 4) is 0 Å². The molecule has 0 bridgehead atoms. The van der Waals surface area contributed by atoms with E-state index in [0.29, 0.717) is 24.8 Å². The van der Waals surface area contributed by atoms with E-state index in [-0.39, 0.29) is 9.79 Å². The van der Waals surface area contributed by atoms with Crippen LogP contribution in [-0.2, 0) is 9.84 Å². The summed E-state index contributed by atoms with van der Waals surface area (Å²) >= 11 is 0. The summed E-state index contributed by atoms with van der Waals surface area (Å²) in [6.07, 6.45) is 2.74. The van der Waals surface area contributed by atoms with Crippen LogP contribution in [0.15, 0.2) is 46.2 Å². The van der Waals surface area contributed by atoms with E-state index in [0.717, 1.165) is 63.3 Å². The summed E-state index contributed by atoms with van der Waals surface area (Å²) in [4.78, 5) is 6.35. The summed E-state index contributed by atoms with van der Waals surface area (Å²) in [6.45, 7) is 9.20. The highest BCUT2D eigenvalue weighted by molar-refractivity contribution is 7.91. The molecule has 0 radical (unpaired) electrons. The molecule has 0 aromatic heterocycles. The first-order valence-corrected chi connectivity index (χ1v) is 12.8. The molecule has 1 saturated heterocycles. The summed E-state index contributed by atoms with van der Waals surface area (Å²) in [5, 5.41) is 0. The van der Waals surface area contributed by atoms with Gasteiger partial charge >= 0.3 is 0 Å². The molecule has 1 aliphatic rings. The Morgan fingerprint density at radius 1 is 0.906 bits per heavy atom. The van der Waals surface area contributed by atoms with Crippen LogP contribution in [0.3, 0.4) is 0 Å². The van der Waals surface area contributed by atoms with E-state index >= 15 is 0 Å². The maximum atomic E-state index is 13.8. The molecule has 32 heavy (non-hydrogen) atoms. The number of anilines is 2. The number of likely N-dealkylation sites (N-methyl/N-ethyl adjacent to an activating group) is 1. The summed E-state index contributed by atoms with van der Waals surface area (Å²) in [7, 11) is -2.00. The fourth-order valence-corrected chi connectivity index (χ4v) is 5.68. The van der Waals surface area contributed by atoms with E-state index in [1.54, 1.807) is 6.07 Å². The van der Waals surface area contributed by atoms with E-state index in [1.807, 2.05) is 26.0 Å². The van der Waals surface area contributed by atoms with Crippen LogP contribution in [0.1, 0.15) is 33.1 Å². The first kappa shape index (κ1) is 24.5. The largest absolute Gasteiger partial charge is 0.370 e. The first-order chi connectivity index (χ1) is 15.3. The molecule has 8 heteroatoms. The van der Waals surface area contributed by atoms with Crippen molar-refractivity contribution in [3.05, 3.63) is 48.0 Å². The molecule has 1 fully saturated rings. The number of sulfone groups is 1. The molecular formula is C24H33F2N3O2S. The maximum Gasteiger partial charge on any atom is 0.208 e. The normalized spacial score (nSPS) is 15.6. The molecular weight excluding hydrogens is 432 g/mol. The Balaban J connectivity index is 2.11. The number of rotatable bonds is 8. The van der Waals surface area contributed by atoms with Gasteiger partial charge in [0.2, 0.25) is 9.84 Å². The van der Waals surface area contributed by atoms with Gasteiger partial charge < -0.3 is 14.7 Å². The zero-order valence-corrected chi connectivity index (χ0v) is 20.0. The highest BCUT2D eigenvalue weighted by Crippen LogP contribution is 2.35. The van der Waals surface area contributed by atoms with Gasteiger partial charge in [-0.05, 0) is 63.2 Å². The predicted octanol–water partition coefficient (Wildman–Crippen LogP) is 4.57. The van der Waals surface area contributed by atoms with Crippen LogP contribution in [0.5, 0.6) is 0 Å². The number of hydrogen-bond acceptors (Lipinski definition) is 5. The number of benzene rings is 2. The minimum Gasteiger partial charge on any atom is -0.370 e. The van der Waals surface area contributed by atoms with Gasteiger partial charge in [0.05, 0.1) is 15.5 Å². The van der Waals surface area contributed by atoms with Crippen molar-refractivity contribution >= 4 is 21.2 Å². The molecule has 0 N–H and O–H groups in total. The zero-order chi connectivity index (χ0) is 23.3. The van der Waals surface area contributed by atoms with Gasteiger partial charge in [0.1, 0.15) is 11.6 Å². The molecule has 0 spiro atoms. The highest BCUT2D eigenvalue weighted by Gasteiger charge is 2.26. The van der Waals surface area contributed by atoms with E-state index < -0.39 is 21.5 Å². The van der Waals surface area contributed by atoms with E-state index in [2.05, 4.69) is 21.7 Å². The average Bonchev–Trinajstić information content (AvgIpc) is 2.97. The van der Waals surface area contributed by atoms with E-state index in [1.165, 1.54) is 0 Å². The van der Waals surface area contributed by atoms with Crippen molar-refractivity contribution in [2.75, 3.05) is 56.1 Å². The Hall–Kier alpha value is -2.19. The molecule has 0 unspecified atom stereocenters. The van der Waals surface area contributed by atoms with Crippen molar-refractivity contribution in [1.82, 2.24) is 4.90 Å². The predicted molar refractivity (Wildman–Crippen MR) is 125 cm³/mol. The first-order valence-electron chi connectivity index (χ1n) is 11.3. The van der Waals surface area contributed by atoms with Gasteiger partial charge in [0, 0.05) is 44.5 Å². The van der Waals surface area contributed by atoms with Gasteiger partial charge in [-0.1, -0.05) is 13.8 Å². The molecule has 1 aliphatic heterocycles. The molecule has 0 amide bonds. The Kier molecular flexibility index (Phi) is 8.11. The fraction of sp³-hybridized carbons (Fsp3) is 0.500. The summed E-state index contributed by atoms with van der Waals surface area (Å²) in [5.41, 5.74) is 1.56. The Morgan fingerprint density at radius 3 is 2.19 bits per heavy atom. The lowest BCUT2D eigenvalue weighted by molar-refractivity contribution is 0.360. The van der Waals surface area contributed by atoms with Crippen LogP contribution in [0.2, 0.25) is 0 Å². The van der Waals surface area contributed by atoms with Crippen LogP contribution in [0.25, 0.3) is 0 Å². The molecule has 3 rings (SSSR count). The van der Waals surface area contributed by atoms with Gasteiger partial charge in [-0.25, -0.2) is 17.2 Å². The molecule has 0 aliphatic carbocycles. The third-order valence-electron chi connectivity index (χ3n) is 5.79. The quantitative estimate of drug-likeness (QED) is 0.572. The Labute approximate surface area is 190 Å². The third-order valence-corrected chi connectivity index (χ3v) is 7.57. The van der Waals surface area contributed by atoms with E-state index in [4.69, 9.17) is 0 Å². The lowest BCUT2D eigenvalue weighted by atomic mass is 10.2. The van der Waals surface area contributed by atoms with Gasteiger partial charge in [0.15, 0.2) is 0 Å². The van der Waals surface area contributed by atoms with Crippen LogP contribution >= 0.6 is 0 Å². The van der Waals surface area contributed by atoms with Gasteiger partial charge in [0.25, 0.3) is 0 Å². The van der Waals surface area contributed by atoms with Gasteiger partial charge in [-0.3, -0.25) is 0 Å². The van der Waals surface area contributed by atoms with Crippen molar-refractivity contribution in [2.24, 2.45) is 0 Å². The third kappa shape index (κ3) is 5.59. The number of halogens is 2. The smallest absolute Gasteiger partial charge is 0.208 e. The molecule has 0 atom stereocenters. The van der Waals surface area contributed by atoms with Crippen molar-refractivity contribution < 1.29 is 17.2 Å². The molecule has 0 saturated carbocycles. The number of hydrogen-bond donors (Lipinski definition) is 0. The molecule has 5 nitrogen and oxygen atoms in total. The zero-order valence-electron chi connectivity index (χ0n) is 19.2. The van der Waals surface area contributed by atoms with Crippen LogP contribution in [0, 0.1) is 11.6 Å². The molecule has 2 aromatic carbocycles. The maximum absolute atomic E-state index is 13.8. The van der Waals surface area contributed by atoms with E-state index in [9.17, 15) is 17.2 Å². The van der Waals surface area contributed by atoms with Gasteiger partial charge in [-0.15, -0.1) is 0 Å². The van der Waals surface area contributed by atoms with Crippen molar-refractivity contribution in [1.29, 1.82) is 0 Å². The van der Waals surface area contributed by atoms with Gasteiger partial charge in [-0.2, -0.15) is 0 Å². The molecule has 2 aromatic rings. The second kappa shape index (κ2) is 10.6. The SMILES string of the molecule is CCCN(CCC)c1cc(N2CCCN(C)CC2)ccc1S(=O)(=O)c1cc(F)cc(F)c1. The minimum absolute atomic E-state index is 0.0834. The minimum atomic E-state index is -4.11. The lowest BCUT2D eigenvalue weighted by Crippen LogP contribution is -2.30. The monoisotopic (exact) mass is 465 g/mol. The number of nitrogens with zero attached hydrogens (tertiary/aromatic N) is 3. The summed E-state index contributed by atoms with van der Waals surface area (Å²) in [6, 6.07) is 7.78. The average molecular weight is 466 g/mol. The van der Waals surface area contributed by atoms with Crippen LogP contribution in [0.4, 0.5) is 20.2 Å². The Bertz CT molecular complexity index is 1000. The second-order valence-corrected chi connectivity index (χ2v) is 10.3. The fourth-order valence-electron chi connectivity index (χ4n) is 4.18.